The molecule has 0 saturated heterocycles. The van der Waals surface area contributed by atoms with E-state index in [-0.39, 0.29) is 11.4 Å². The van der Waals surface area contributed by atoms with Crippen LogP contribution in [0.2, 0.25) is 5.02 Å². The number of carbonyl (C=O) groups is 1. The molecule has 0 radical (unpaired) electrons. The van der Waals surface area contributed by atoms with Gasteiger partial charge in [0.1, 0.15) is 0 Å². The molecule has 1 atom stereocenters. The first-order valence-electron chi connectivity index (χ1n) is 6.83. The number of sulfonamides is 1. The van der Waals surface area contributed by atoms with Gasteiger partial charge in [0.15, 0.2) is 0 Å². The van der Waals surface area contributed by atoms with Gasteiger partial charge in [-0.2, -0.15) is 4.72 Å². The van der Waals surface area contributed by atoms with E-state index in [0.717, 1.165) is 5.56 Å². The van der Waals surface area contributed by atoms with Crippen LogP contribution in [-0.4, -0.2) is 25.4 Å². The Morgan fingerprint density at radius 2 is 1.96 bits per heavy atom. The first-order chi connectivity index (χ1) is 10.9. The van der Waals surface area contributed by atoms with Crippen molar-refractivity contribution in [2.75, 3.05) is 0 Å². The van der Waals surface area contributed by atoms with Gasteiger partial charge in [-0.25, -0.2) is 8.42 Å². The van der Waals surface area contributed by atoms with Gasteiger partial charge in [0.2, 0.25) is 15.9 Å². The third-order valence-electron chi connectivity index (χ3n) is 3.04. The average Bonchev–Trinajstić information content (AvgIpc) is 2.53. The molecule has 2 rings (SSSR count). The fourth-order valence-corrected chi connectivity index (χ4v) is 3.14. The van der Waals surface area contributed by atoms with Gasteiger partial charge in [-0.3, -0.25) is 9.78 Å². The largest absolute Gasteiger partial charge is 0.351 e. The predicted octanol–water partition coefficient (Wildman–Crippen LogP) is 1.72. The van der Waals surface area contributed by atoms with Crippen LogP contribution in [0.3, 0.4) is 0 Å². The van der Waals surface area contributed by atoms with Crippen molar-refractivity contribution in [3.8, 4) is 0 Å². The Morgan fingerprint density at radius 1 is 1.26 bits per heavy atom. The lowest BCUT2D eigenvalue weighted by atomic mass is 10.2. The standard InChI is InChI=1S/C15H16ClN3O3S/c1-11(15(20)18-10-12-3-2-8-17-9-12)19-23(21,22)14-6-4-13(16)5-7-14/h2-9,11,19H,10H2,1H3,(H,18,20). The second-order valence-electron chi connectivity index (χ2n) is 4.88. The Morgan fingerprint density at radius 3 is 2.57 bits per heavy atom. The molecule has 0 aliphatic carbocycles. The summed E-state index contributed by atoms with van der Waals surface area (Å²) in [5, 5.41) is 3.09. The lowest BCUT2D eigenvalue weighted by Crippen LogP contribution is -2.44. The highest BCUT2D eigenvalue weighted by Crippen LogP contribution is 2.14. The highest BCUT2D eigenvalue weighted by atomic mass is 35.5. The van der Waals surface area contributed by atoms with Gasteiger partial charge in [-0.05, 0) is 42.8 Å². The molecular weight excluding hydrogens is 338 g/mol. The number of carbonyl (C=O) groups excluding carboxylic acids is 1. The summed E-state index contributed by atoms with van der Waals surface area (Å²) in [5.74, 6) is -0.425. The molecule has 1 unspecified atom stereocenters. The van der Waals surface area contributed by atoms with Crippen LogP contribution >= 0.6 is 11.6 Å². The van der Waals surface area contributed by atoms with Crippen LogP contribution in [0, 0.1) is 0 Å². The van der Waals surface area contributed by atoms with E-state index in [1.54, 1.807) is 18.5 Å². The van der Waals surface area contributed by atoms with Crippen LogP contribution in [0.1, 0.15) is 12.5 Å². The van der Waals surface area contributed by atoms with Gasteiger partial charge in [-0.15, -0.1) is 0 Å². The summed E-state index contributed by atoms with van der Waals surface area (Å²) in [6.45, 7) is 1.76. The zero-order valence-corrected chi connectivity index (χ0v) is 13.9. The first-order valence-corrected chi connectivity index (χ1v) is 8.69. The molecule has 2 aromatic rings. The van der Waals surface area contributed by atoms with Gasteiger partial charge < -0.3 is 5.32 Å². The third kappa shape index (κ3) is 5.02. The molecule has 0 aliphatic heterocycles. The smallest absolute Gasteiger partial charge is 0.241 e. The highest BCUT2D eigenvalue weighted by Gasteiger charge is 2.21. The van der Waals surface area contributed by atoms with Gasteiger partial charge in [-0.1, -0.05) is 17.7 Å². The maximum Gasteiger partial charge on any atom is 0.241 e. The van der Waals surface area contributed by atoms with Crippen molar-refractivity contribution in [3.05, 3.63) is 59.4 Å². The van der Waals surface area contributed by atoms with Crippen LogP contribution in [0.4, 0.5) is 0 Å². The summed E-state index contributed by atoms with van der Waals surface area (Å²) in [5.41, 5.74) is 0.827. The van der Waals surface area contributed by atoms with Gasteiger partial charge in [0.25, 0.3) is 0 Å². The lowest BCUT2D eigenvalue weighted by molar-refractivity contribution is -0.122. The molecule has 1 aromatic carbocycles. The minimum atomic E-state index is -3.79. The monoisotopic (exact) mass is 353 g/mol. The number of pyridine rings is 1. The Hall–Kier alpha value is -1.96. The zero-order chi connectivity index (χ0) is 16.9. The van der Waals surface area contributed by atoms with Crippen LogP contribution in [0.5, 0.6) is 0 Å². The van der Waals surface area contributed by atoms with E-state index in [2.05, 4.69) is 15.0 Å². The van der Waals surface area contributed by atoms with Crippen LogP contribution in [0.25, 0.3) is 0 Å². The summed E-state index contributed by atoms with van der Waals surface area (Å²) in [6, 6.07) is 8.37. The third-order valence-corrected chi connectivity index (χ3v) is 4.85. The maximum absolute atomic E-state index is 12.2. The number of amides is 1. The van der Waals surface area contributed by atoms with Crippen LogP contribution in [0.15, 0.2) is 53.7 Å². The summed E-state index contributed by atoms with van der Waals surface area (Å²) in [6.07, 6.45) is 3.26. The zero-order valence-electron chi connectivity index (χ0n) is 12.4. The number of nitrogens with zero attached hydrogens (tertiary/aromatic N) is 1. The Balaban J connectivity index is 1.96. The quantitative estimate of drug-likeness (QED) is 0.827. The van der Waals surface area contributed by atoms with Crippen molar-refractivity contribution < 1.29 is 13.2 Å². The molecule has 1 heterocycles. The molecule has 0 saturated carbocycles. The molecule has 8 heteroatoms. The fourth-order valence-electron chi connectivity index (χ4n) is 1.81. The molecule has 1 amide bonds. The van der Waals surface area contributed by atoms with Gasteiger partial charge in [0, 0.05) is 24.0 Å². The van der Waals surface area contributed by atoms with E-state index in [4.69, 9.17) is 11.6 Å². The number of hydrogen-bond donors (Lipinski definition) is 2. The topological polar surface area (TPSA) is 88.2 Å². The van der Waals surface area contributed by atoms with Crippen molar-refractivity contribution >= 4 is 27.5 Å². The summed E-state index contributed by atoms with van der Waals surface area (Å²) >= 11 is 5.73. The Bertz CT molecular complexity index is 764. The molecule has 2 N–H and O–H groups in total. The number of hydrogen-bond acceptors (Lipinski definition) is 4. The molecule has 0 bridgehead atoms. The number of aromatic nitrogens is 1. The summed E-state index contributed by atoms with van der Waals surface area (Å²) < 4.78 is 26.7. The molecule has 0 spiro atoms. The number of benzene rings is 1. The number of nitrogens with one attached hydrogen (secondary N) is 2. The fraction of sp³-hybridized carbons (Fsp3) is 0.200. The molecule has 1 aromatic heterocycles. The molecule has 0 aliphatic rings. The molecule has 122 valence electrons. The second-order valence-corrected chi connectivity index (χ2v) is 7.03. The Kier molecular flexibility index (Phi) is 5.70. The van der Waals surface area contributed by atoms with Crippen molar-refractivity contribution in [1.82, 2.24) is 15.0 Å². The van der Waals surface area contributed by atoms with E-state index in [0.29, 0.717) is 5.02 Å². The van der Waals surface area contributed by atoms with Gasteiger partial charge >= 0.3 is 0 Å². The normalized spacial score (nSPS) is 12.6. The van der Waals surface area contributed by atoms with Crippen molar-refractivity contribution in [3.63, 3.8) is 0 Å². The first kappa shape index (κ1) is 17.4. The molecule has 6 nitrogen and oxygen atoms in total. The van der Waals surface area contributed by atoms with Crippen LogP contribution in [-0.2, 0) is 21.4 Å². The van der Waals surface area contributed by atoms with E-state index in [9.17, 15) is 13.2 Å². The molecule has 0 fully saturated rings. The van der Waals surface area contributed by atoms with E-state index in [1.807, 2.05) is 6.07 Å². The van der Waals surface area contributed by atoms with Crippen LogP contribution < -0.4 is 10.0 Å². The van der Waals surface area contributed by atoms with Crippen molar-refractivity contribution in [1.29, 1.82) is 0 Å². The molecule has 23 heavy (non-hydrogen) atoms. The van der Waals surface area contributed by atoms with Crippen molar-refractivity contribution in [2.45, 2.75) is 24.4 Å². The SMILES string of the molecule is CC(NS(=O)(=O)c1ccc(Cl)cc1)C(=O)NCc1cccnc1. The van der Waals surface area contributed by atoms with E-state index in [1.165, 1.54) is 31.2 Å². The van der Waals surface area contributed by atoms with Gasteiger partial charge in [0.05, 0.1) is 10.9 Å². The highest BCUT2D eigenvalue weighted by molar-refractivity contribution is 7.89. The summed E-state index contributed by atoms with van der Waals surface area (Å²) in [7, 11) is -3.79. The predicted molar refractivity (Wildman–Crippen MR) is 87.3 cm³/mol. The lowest BCUT2D eigenvalue weighted by Gasteiger charge is -2.14. The number of rotatable bonds is 6. The maximum atomic E-state index is 12.2. The summed E-state index contributed by atoms with van der Waals surface area (Å²) in [4.78, 5) is 16.0. The van der Waals surface area contributed by atoms with E-state index >= 15 is 0 Å². The second kappa shape index (κ2) is 7.54. The minimum absolute atomic E-state index is 0.0498. The van der Waals surface area contributed by atoms with E-state index < -0.39 is 22.0 Å². The van der Waals surface area contributed by atoms with Crippen molar-refractivity contribution in [2.24, 2.45) is 0 Å². The number of halogens is 1. The average molecular weight is 354 g/mol. The minimum Gasteiger partial charge on any atom is -0.351 e. The Labute approximate surface area is 139 Å². The molecular formula is C15H16ClN3O3S.